The molecule has 0 aliphatic heterocycles. The summed E-state index contributed by atoms with van der Waals surface area (Å²) in [5.74, 6) is 0.299. The molecule has 120 valence electrons. The van der Waals surface area contributed by atoms with E-state index in [2.05, 4.69) is 24.4 Å². The first-order valence-corrected chi connectivity index (χ1v) is 9.30. The van der Waals surface area contributed by atoms with Gasteiger partial charge in [0.15, 0.2) is 9.84 Å². The van der Waals surface area contributed by atoms with Crippen molar-refractivity contribution in [1.29, 1.82) is 0 Å². The fraction of sp³-hybridized carbons (Fsp3) is 0.625. The summed E-state index contributed by atoms with van der Waals surface area (Å²) < 4.78 is 29.2. The Morgan fingerprint density at radius 1 is 1.24 bits per heavy atom. The van der Waals surface area contributed by atoms with Gasteiger partial charge < -0.3 is 10.1 Å². The van der Waals surface area contributed by atoms with Crippen molar-refractivity contribution < 1.29 is 13.2 Å². The van der Waals surface area contributed by atoms with Gasteiger partial charge in [0.25, 0.3) is 0 Å². The Hall–Kier alpha value is -0.910. The van der Waals surface area contributed by atoms with Crippen LogP contribution < -0.4 is 5.32 Å². The molecule has 0 saturated carbocycles. The van der Waals surface area contributed by atoms with Crippen LogP contribution in [0.1, 0.15) is 36.9 Å². The minimum atomic E-state index is -3.08. The van der Waals surface area contributed by atoms with Crippen molar-refractivity contribution in [3.63, 3.8) is 0 Å². The molecular formula is C16H27NO3S. The molecular weight excluding hydrogens is 286 g/mol. The number of sulfone groups is 1. The Morgan fingerprint density at radius 2 is 1.90 bits per heavy atom. The van der Waals surface area contributed by atoms with Gasteiger partial charge >= 0.3 is 0 Å². The van der Waals surface area contributed by atoms with Crippen molar-refractivity contribution >= 4 is 9.84 Å². The van der Waals surface area contributed by atoms with E-state index in [0.717, 1.165) is 18.4 Å². The summed E-state index contributed by atoms with van der Waals surface area (Å²) in [5.41, 5.74) is 2.31. The number of methoxy groups -OCH3 is 1. The number of ether oxygens (including phenoxy) is 1. The SMILES string of the molecule is CCCc1ccc(C(CS(=O)(=O)CCCOC)NC)cc1. The summed E-state index contributed by atoms with van der Waals surface area (Å²) >= 11 is 0. The highest BCUT2D eigenvalue weighted by atomic mass is 32.2. The van der Waals surface area contributed by atoms with E-state index in [4.69, 9.17) is 4.74 Å². The Morgan fingerprint density at radius 3 is 2.43 bits per heavy atom. The van der Waals surface area contributed by atoms with Crippen LogP contribution >= 0.6 is 0 Å². The molecule has 0 aliphatic carbocycles. The number of hydrogen-bond acceptors (Lipinski definition) is 4. The van der Waals surface area contributed by atoms with Crippen LogP contribution in [0.5, 0.6) is 0 Å². The molecule has 1 rings (SSSR count). The maximum absolute atomic E-state index is 12.1. The van der Waals surface area contributed by atoms with E-state index < -0.39 is 9.84 Å². The monoisotopic (exact) mass is 313 g/mol. The van der Waals surface area contributed by atoms with Gasteiger partial charge in [-0.15, -0.1) is 0 Å². The Balaban J connectivity index is 2.69. The van der Waals surface area contributed by atoms with Crippen LogP contribution in [0.4, 0.5) is 0 Å². The van der Waals surface area contributed by atoms with Crippen molar-refractivity contribution in [3.05, 3.63) is 35.4 Å². The first kappa shape index (κ1) is 18.1. The van der Waals surface area contributed by atoms with Crippen LogP contribution in [-0.2, 0) is 21.0 Å². The normalized spacial score (nSPS) is 13.3. The van der Waals surface area contributed by atoms with Gasteiger partial charge in [-0.2, -0.15) is 0 Å². The highest BCUT2D eigenvalue weighted by Crippen LogP contribution is 2.17. The van der Waals surface area contributed by atoms with E-state index in [1.807, 2.05) is 12.1 Å². The summed E-state index contributed by atoms with van der Waals surface area (Å²) in [7, 11) is 0.309. The number of nitrogens with one attached hydrogen (secondary N) is 1. The lowest BCUT2D eigenvalue weighted by Gasteiger charge is -2.17. The second-order valence-corrected chi connectivity index (χ2v) is 7.52. The third kappa shape index (κ3) is 6.59. The predicted octanol–water partition coefficient (Wildman–Crippen LogP) is 2.35. The van der Waals surface area contributed by atoms with E-state index in [-0.39, 0.29) is 17.5 Å². The van der Waals surface area contributed by atoms with E-state index in [0.29, 0.717) is 13.0 Å². The van der Waals surface area contributed by atoms with Crippen LogP contribution in [0, 0.1) is 0 Å². The Bertz CT molecular complexity index is 497. The van der Waals surface area contributed by atoms with Crippen LogP contribution in [0.2, 0.25) is 0 Å². The molecule has 0 aromatic heterocycles. The van der Waals surface area contributed by atoms with Gasteiger partial charge in [-0.3, -0.25) is 0 Å². The molecule has 0 heterocycles. The lowest BCUT2D eigenvalue weighted by molar-refractivity contribution is 0.199. The smallest absolute Gasteiger partial charge is 0.152 e. The lowest BCUT2D eigenvalue weighted by Crippen LogP contribution is -2.27. The van der Waals surface area contributed by atoms with E-state index >= 15 is 0 Å². The van der Waals surface area contributed by atoms with Crippen molar-refractivity contribution in [2.45, 2.75) is 32.2 Å². The average Bonchev–Trinajstić information content (AvgIpc) is 2.46. The van der Waals surface area contributed by atoms with Gasteiger partial charge in [0.2, 0.25) is 0 Å². The molecule has 4 nitrogen and oxygen atoms in total. The molecule has 0 radical (unpaired) electrons. The third-order valence-corrected chi connectivity index (χ3v) is 5.25. The first-order valence-electron chi connectivity index (χ1n) is 7.48. The highest BCUT2D eigenvalue weighted by molar-refractivity contribution is 7.91. The van der Waals surface area contributed by atoms with Crippen molar-refractivity contribution in [1.82, 2.24) is 5.32 Å². The van der Waals surface area contributed by atoms with Gasteiger partial charge in [-0.05, 0) is 31.0 Å². The van der Waals surface area contributed by atoms with Gasteiger partial charge in [0, 0.05) is 19.8 Å². The van der Waals surface area contributed by atoms with Crippen molar-refractivity contribution in [3.8, 4) is 0 Å². The fourth-order valence-electron chi connectivity index (χ4n) is 2.31. The van der Waals surface area contributed by atoms with Crippen molar-refractivity contribution in [2.75, 3.05) is 32.3 Å². The number of hydrogen-bond donors (Lipinski definition) is 1. The molecule has 5 heteroatoms. The van der Waals surface area contributed by atoms with E-state index in [1.165, 1.54) is 5.56 Å². The van der Waals surface area contributed by atoms with Gasteiger partial charge in [0.05, 0.1) is 11.5 Å². The Kier molecular flexibility index (Phi) is 7.93. The minimum absolute atomic E-state index is 0.125. The van der Waals surface area contributed by atoms with Crippen LogP contribution in [0.15, 0.2) is 24.3 Å². The fourth-order valence-corrected chi connectivity index (χ4v) is 3.90. The van der Waals surface area contributed by atoms with E-state index in [9.17, 15) is 8.42 Å². The highest BCUT2D eigenvalue weighted by Gasteiger charge is 2.19. The summed E-state index contributed by atoms with van der Waals surface area (Å²) in [6.45, 7) is 2.63. The third-order valence-electron chi connectivity index (χ3n) is 3.49. The van der Waals surface area contributed by atoms with Gasteiger partial charge in [-0.1, -0.05) is 37.6 Å². The lowest BCUT2D eigenvalue weighted by atomic mass is 10.0. The van der Waals surface area contributed by atoms with Gasteiger partial charge in [0.1, 0.15) is 0 Å². The van der Waals surface area contributed by atoms with Gasteiger partial charge in [-0.25, -0.2) is 8.42 Å². The molecule has 0 spiro atoms. The number of aryl methyl sites for hydroxylation is 1. The topological polar surface area (TPSA) is 55.4 Å². The predicted molar refractivity (Wildman–Crippen MR) is 87.4 cm³/mol. The maximum Gasteiger partial charge on any atom is 0.152 e. The zero-order chi connectivity index (χ0) is 15.7. The molecule has 1 atom stereocenters. The summed E-state index contributed by atoms with van der Waals surface area (Å²) in [6.07, 6.45) is 2.72. The second kappa shape index (κ2) is 9.18. The standard InChI is InChI=1S/C16H27NO3S/c1-4-6-14-7-9-15(10-8-14)16(17-2)13-21(18,19)12-5-11-20-3/h7-10,16-17H,4-6,11-13H2,1-3H3. The molecule has 0 fully saturated rings. The van der Waals surface area contributed by atoms with Crippen LogP contribution in [-0.4, -0.2) is 40.7 Å². The quantitative estimate of drug-likeness (QED) is 0.674. The molecule has 0 aliphatic rings. The molecule has 1 N–H and O–H groups in total. The molecule has 1 aromatic carbocycles. The molecule has 1 aromatic rings. The molecule has 0 bridgehead atoms. The van der Waals surface area contributed by atoms with Crippen LogP contribution in [0.3, 0.4) is 0 Å². The molecule has 21 heavy (non-hydrogen) atoms. The zero-order valence-corrected chi connectivity index (χ0v) is 14.1. The average molecular weight is 313 g/mol. The minimum Gasteiger partial charge on any atom is -0.385 e. The first-order chi connectivity index (χ1) is 10.0. The van der Waals surface area contributed by atoms with Crippen LogP contribution in [0.25, 0.3) is 0 Å². The summed E-state index contributed by atoms with van der Waals surface area (Å²) in [4.78, 5) is 0. The van der Waals surface area contributed by atoms with E-state index in [1.54, 1.807) is 14.2 Å². The second-order valence-electron chi connectivity index (χ2n) is 5.29. The Labute approximate surface area is 128 Å². The largest absolute Gasteiger partial charge is 0.385 e. The summed E-state index contributed by atoms with van der Waals surface area (Å²) in [5, 5.41) is 3.11. The molecule has 1 unspecified atom stereocenters. The zero-order valence-electron chi connectivity index (χ0n) is 13.3. The molecule has 0 amide bonds. The molecule has 0 saturated heterocycles. The van der Waals surface area contributed by atoms with Crippen molar-refractivity contribution in [2.24, 2.45) is 0 Å². The number of benzene rings is 1. The number of rotatable bonds is 10. The summed E-state index contributed by atoms with van der Waals surface area (Å²) in [6, 6.07) is 8.06. The maximum atomic E-state index is 12.1.